The van der Waals surface area contributed by atoms with Crippen LogP contribution >= 0.6 is 45.6 Å². The summed E-state index contributed by atoms with van der Waals surface area (Å²) >= 11 is 9.71. The zero-order valence-electron chi connectivity index (χ0n) is 63.0. The fourth-order valence-corrected chi connectivity index (χ4v) is 16.6. The first-order valence-corrected chi connectivity index (χ1v) is 42.2. The van der Waals surface area contributed by atoms with E-state index in [-0.39, 0.29) is 59.3 Å². The number of sulfonamides is 2. The van der Waals surface area contributed by atoms with Crippen LogP contribution in [0.1, 0.15) is 174 Å². The van der Waals surface area contributed by atoms with E-state index < -0.39 is 31.1 Å². The van der Waals surface area contributed by atoms with Crippen molar-refractivity contribution in [3.63, 3.8) is 0 Å². The van der Waals surface area contributed by atoms with Gasteiger partial charge in [-0.05, 0) is 114 Å². The molecule has 38 heteroatoms. The van der Waals surface area contributed by atoms with Crippen LogP contribution in [-0.4, -0.2) is 146 Å². The van der Waals surface area contributed by atoms with Crippen LogP contribution in [0.5, 0.6) is 0 Å². The summed E-state index contributed by atoms with van der Waals surface area (Å²) in [6, 6.07) is 23.5. The summed E-state index contributed by atoms with van der Waals surface area (Å²) in [4.78, 5) is 65.1. The van der Waals surface area contributed by atoms with E-state index in [1.54, 1.807) is 65.3 Å². The molecular weight excluding hydrogens is 1580 g/mol. The van der Waals surface area contributed by atoms with E-state index >= 15 is 0 Å². The number of anilines is 8. The average Bonchev–Trinajstić information content (AvgIpc) is 1.68. The number of aromatic amines is 4. The van der Waals surface area contributed by atoms with E-state index in [0.29, 0.717) is 131 Å². The molecule has 4 aliphatic rings. The third-order valence-electron chi connectivity index (χ3n) is 17.7. The van der Waals surface area contributed by atoms with Crippen LogP contribution in [0.4, 0.5) is 46.5 Å². The lowest BCUT2D eigenvalue weighted by atomic mass is 9.96. The highest BCUT2D eigenvalue weighted by Gasteiger charge is 2.31. The lowest BCUT2D eigenvalue weighted by Crippen LogP contribution is -2.39. The van der Waals surface area contributed by atoms with Crippen LogP contribution < -0.4 is 41.3 Å². The average molecular weight is 1680 g/mol. The number of terminal acetylenes is 3. The number of amides is 2. The van der Waals surface area contributed by atoms with Crippen molar-refractivity contribution in [2.75, 3.05) is 47.4 Å². The summed E-state index contributed by atoms with van der Waals surface area (Å²) < 4.78 is 55.5. The van der Waals surface area contributed by atoms with Gasteiger partial charge in [0.2, 0.25) is 31.9 Å². The molecule has 0 unspecified atom stereocenters. The van der Waals surface area contributed by atoms with Crippen LogP contribution in [0.15, 0.2) is 118 Å². The highest BCUT2D eigenvalue weighted by atomic mass is 35.5. The summed E-state index contributed by atoms with van der Waals surface area (Å²) in [6.07, 6.45) is 34.2. The lowest BCUT2D eigenvalue weighted by Gasteiger charge is -2.17. The molecule has 0 spiro atoms. The van der Waals surface area contributed by atoms with Gasteiger partial charge in [0, 0.05) is 152 Å². The fraction of sp³-hybridized carbons (Fsp3) is 0.312. The first kappa shape index (κ1) is 81.3. The Morgan fingerprint density at radius 1 is 0.504 bits per heavy atom. The standard InChI is InChI=1S/C23H27N7O3S2.C20H21N7O3S2.C19H19N5OS.C15H13ClN6.9H2/c1-5-14-13-25-21(28-20(14)27-18-12-16(29-30-18)15-6-7-15)17-8-9-19(34-17)35(32,33)26-11-10-24-22(31)23(2,3)4;1-3-13-11-22-20(25-19(13)24-17-10-15(26-27-17)14-4-5-14)16-6-7-18(31-16)32(29,30)23-9-8-21-12(2)28;1-4-11-10-20-18(14-7-8-15(26-14)19(2,3)25)22-17(11)21-16-9-13(23-24-16)12-5-6-12;16-10-8-18-15(11-3-1-2-6-17-11)20-14(10)19-13-7-12(21-22-13)9-4-5-9;;;;;;;;;/h1,8-9,12-13,15,26H,6-7,10-11H2,2-4H3,(H,24,31)(H2,25,27,28,29,30);1,6-7,10-11,14,23H,4-5,8-9H2,2H3,(H,21,28)(H2,22,24,25,26,27);1,7-10,12,25H,5-6H2,2-3H3,(H2,20,21,22,23,24);1-3,6-9H,4-5H2,(H2,18,19,20,21,22);9*1H. The predicted octanol–water partition coefficient (Wildman–Crippen LogP) is 14.4. The number of thiophene rings is 3. The SMILES string of the molecule is C#Cc1cnc(-c2ccc(C(C)(C)O)s2)nc1Nc1cc(C2CC2)[nH]n1.C#Cc1cnc(-c2ccc(S(=O)(=O)NCCNC(=O)C(C)(C)C)s2)nc1Nc1cc(C2CC2)[nH]n1.C#Cc1cnc(-c2ccc(S(=O)(=O)NCCNC(C)=O)s2)nc1Nc1cc(C2CC2)[nH]n1.Clc1cnc(-c2ccccn2)nc1Nc1cc(C2CC2)[nH]n1.[HH].[HH].[HH].[HH].[HH].[HH].[HH].[HH].[HH]. The van der Waals surface area contributed by atoms with E-state index in [1.807, 2.05) is 54.6 Å². The molecule has 4 saturated carbocycles. The van der Waals surface area contributed by atoms with Crippen molar-refractivity contribution < 1.29 is 44.4 Å². The molecular formula is C77H98ClN25O7S5. The molecule has 0 aromatic carbocycles. The van der Waals surface area contributed by atoms with E-state index in [0.717, 1.165) is 80.9 Å². The molecule has 12 heterocycles. The first-order valence-electron chi connectivity index (χ1n) is 36.5. The Labute approximate surface area is 693 Å². The number of carbonyl (C=O) groups is 2. The number of carbonyl (C=O) groups excluding carboxylic acids is 2. The largest absolute Gasteiger partial charge is 0.385 e. The Bertz CT molecular complexity index is 5910. The van der Waals surface area contributed by atoms with Gasteiger partial charge in [0.05, 0.1) is 43.1 Å². The van der Waals surface area contributed by atoms with Gasteiger partial charge in [-0.15, -0.1) is 53.3 Å². The molecule has 12 aromatic heterocycles. The highest BCUT2D eigenvalue weighted by molar-refractivity contribution is 7.92. The van der Waals surface area contributed by atoms with Crippen LogP contribution in [0.2, 0.25) is 5.02 Å². The smallest absolute Gasteiger partial charge is 0.250 e. The van der Waals surface area contributed by atoms with Gasteiger partial charge in [-0.3, -0.25) is 35.0 Å². The minimum Gasteiger partial charge on any atom is -0.385 e. The summed E-state index contributed by atoms with van der Waals surface area (Å²) in [7, 11) is -7.47. The second-order valence-electron chi connectivity index (χ2n) is 28.6. The number of pyridine rings is 1. The molecule has 4 aliphatic carbocycles. The van der Waals surface area contributed by atoms with E-state index in [4.69, 9.17) is 30.9 Å². The van der Waals surface area contributed by atoms with Crippen molar-refractivity contribution in [1.29, 1.82) is 0 Å². The predicted molar refractivity (Wildman–Crippen MR) is 461 cm³/mol. The van der Waals surface area contributed by atoms with Gasteiger partial charge in [0.15, 0.2) is 69.8 Å². The van der Waals surface area contributed by atoms with Gasteiger partial charge in [-0.25, -0.2) is 66.2 Å². The molecule has 0 atom stereocenters. The fourth-order valence-electron chi connectivity index (χ4n) is 10.8. The number of nitrogens with one attached hydrogen (secondary N) is 12. The van der Waals surface area contributed by atoms with Crippen molar-refractivity contribution in [2.45, 2.75) is 131 Å². The molecule has 0 saturated heterocycles. The quantitative estimate of drug-likeness (QED) is 0.0168. The monoisotopic (exact) mass is 1680 g/mol. The molecule has 0 aliphatic heterocycles. The highest BCUT2D eigenvalue weighted by Crippen LogP contribution is 2.44. The maximum atomic E-state index is 12.7. The van der Waals surface area contributed by atoms with E-state index in [1.165, 1.54) is 68.5 Å². The zero-order chi connectivity index (χ0) is 81.2. The van der Waals surface area contributed by atoms with E-state index in [2.05, 4.69) is 145 Å². The van der Waals surface area contributed by atoms with Crippen LogP contribution in [0, 0.1) is 42.4 Å². The Balaban J connectivity index is 0.000000342. The number of H-pyrrole nitrogens is 4. The van der Waals surface area contributed by atoms with Crippen molar-refractivity contribution in [2.24, 2.45) is 5.41 Å². The molecule has 13 N–H and O–H groups in total. The number of hydrogen-bond acceptors (Lipinski definition) is 27. The lowest BCUT2D eigenvalue weighted by molar-refractivity contribution is -0.128. The van der Waals surface area contributed by atoms with E-state index in [9.17, 15) is 31.5 Å². The summed E-state index contributed by atoms with van der Waals surface area (Å²) in [5.74, 6) is 15.9. The van der Waals surface area contributed by atoms with Gasteiger partial charge in [-0.2, -0.15) is 20.4 Å². The van der Waals surface area contributed by atoms with Gasteiger partial charge in [0.25, 0.3) is 0 Å². The minimum absolute atomic E-state index is 0. The number of aliphatic hydroxyl groups is 1. The molecule has 16 rings (SSSR count). The first-order chi connectivity index (χ1) is 55.1. The minimum atomic E-state index is -3.75. The second-order valence-corrected chi connectivity index (χ2v) is 36.2. The van der Waals surface area contributed by atoms with Crippen molar-refractivity contribution in [1.82, 2.24) is 106 Å². The number of halogens is 1. The van der Waals surface area contributed by atoms with Crippen LogP contribution in [0.3, 0.4) is 0 Å². The Kier molecular flexibility index (Phi) is 25.0. The summed E-state index contributed by atoms with van der Waals surface area (Å²) in [5.41, 5.74) is 5.20. The third-order valence-corrected chi connectivity index (χ3v) is 25.4. The molecule has 12 aromatic rings. The zero-order valence-corrected chi connectivity index (χ0v) is 67.9. The maximum absolute atomic E-state index is 12.7. The van der Waals surface area contributed by atoms with Crippen molar-refractivity contribution in [3.05, 3.63) is 159 Å². The van der Waals surface area contributed by atoms with Crippen LogP contribution in [0.25, 0.3) is 43.6 Å². The molecule has 0 radical (unpaired) electrons. The number of hydrogen-bond donors (Lipinski definition) is 13. The van der Waals surface area contributed by atoms with Gasteiger partial charge in [-0.1, -0.05) is 56.2 Å². The topological polar surface area (TPSA) is 450 Å². The van der Waals surface area contributed by atoms with Crippen molar-refractivity contribution >= 4 is 124 Å². The van der Waals surface area contributed by atoms with Crippen LogP contribution in [-0.2, 0) is 35.2 Å². The molecule has 610 valence electrons. The Morgan fingerprint density at radius 3 is 1.23 bits per heavy atom. The number of aromatic nitrogens is 17. The molecule has 4 fully saturated rings. The Morgan fingerprint density at radius 2 is 0.878 bits per heavy atom. The maximum Gasteiger partial charge on any atom is 0.250 e. The molecule has 115 heavy (non-hydrogen) atoms. The number of nitrogens with zero attached hydrogens (tertiary/aromatic N) is 13. The normalized spacial score (nSPS) is 13.9. The second kappa shape index (κ2) is 35.4. The third kappa shape index (κ3) is 21.8. The summed E-state index contributed by atoms with van der Waals surface area (Å²) in [5, 5.41) is 57.6. The molecule has 2 amide bonds. The Hall–Kier alpha value is -11.7. The van der Waals surface area contributed by atoms with Gasteiger partial charge < -0.3 is 37.0 Å². The summed E-state index contributed by atoms with van der Waals surface area (Å²) in [6.45, 7) is 10.8. The molecule has 32 nitrogen and oxygen atoms in total. The van der Waals surface area contributed by atoms with Crippen molar-refractivity contribution in [3.8, 4) is 80.7 Å². The number of rotatable bonds is 27. The van der Waals surface area contributed by atoms with Gasteiger partial charge in [0.1, 0.15) is 19.1 Å². The molecule has 0 bridgehead atoms. The van der Waals surface area contributed by atoms with Gasteiger partial charge >= 0.3 is 0 Å².